The van der Waals surface area contributed by atoms with Crippen LogP contribution >= 0.6 is 0 Å². The maximum absolute atomic E-state index is 12.4. The lowest BCUT2D eigenvalue weighted by Gasteiger charge is -2.13. The molecule has 0 fully saturated rings. The largest absolute Gasteiger partial charge is 0.486 e. The topological polar surface area (TPSA) is 94.6 Å². The average Bonchev–Trinajstić information content (AvgIpc) is 3.16. The van der Waals surface area contributed by atoms with E-state index in [2.05, 4.69) is 5.32 Å². The predicted octanol–water partition coefficient (Wildman–Crippen LogP) is 4.57. The SMILES string of the molecule is Cc1cc(OCc2ccc(C(=O)NC(C)c3ccccc3)o2)ccc1[N+](=O)[O-]. The maximum atomic E-state index is 12.4. The highest BCUT2D eigenvalue weighted by Crippen LogP contribution is 2.24. The van der Waals surface area contributed by atoms with E-state index in [0.29, 0.717) is 17.1 Å². The number of furan rings is 1. The Kier molecular flexibility index (Phi) is 5.74. The molecule has 2 aromatic carbocycles. The lowest BCUT2D eigenvalue weighted by molar-refractivity contribution is -0.385. The number of nitrogens with zero attached hydrogens (tertiary/aromatic N) is 1. The minimum Gasteiger partial charge on any atom is -0.486 e. The summed E-state index contributed by atoms with van der Waals surface area (Å²) in [5.41, 5.74) is 1.55. The second kappa shape index (κ2) is 8.39. The van der Waals surface area contributed by atoms with Crippen LogP contribution in [0.15, 0.2) is 65.1 Å². The Hall–Kier alpha value is -3.61. The number of hydrogen-bond donors (Lipinski definition) is 1. The summed E-state index contributed by atoms with van der Waals surface area (Å²) in [6.45, 7) is 3.66. The van der Waals surface area contributed by atoms with Crippen LogP contribution < -0.4 is 10.1 Å². The monoisotopic (exact) mass is 380 g/mol. The van der Waals surface area contributed by atoms with Gasteiger partial charge in [-0.05, 0) is 43.7 Å². The molecule has 1 atom stereocenters. The first-order valence-corrected chi connectivity index (χ1v) is 8.76. The van der Waals surface area contributed by atoms with Gasteiger partial charge in [0.05, 0.1) is 11.0 Å². The van der Waals surface area contributed by atoms with Gasteiger partial charge in [0.25, 0.3) is 11.6 Å². The van der Waals surface area contributed by atoms with Crippen molar-refractivity contribution in [3.05, 3.63) is 93.4 Å². The molecule has 0 aliphatic carbocycles. The molecular weight excluding hydrogens is 360 g/mol. The van der Waals surface area contributed by atoms with E-state index in [-0.39, 0.29) is 30.0 Å². The van der Waals surface area contributed by atoms with Crippen LogP contribution in [-0.4, -0.2) is 10.8 Å². The Morgan fingerprint density at radius 2 is 1.93 bits per heavy atom. The van der Waals surface area contributed by atoms with E-state index >= 15 is 0 Å². The van der Waals surface area contributed by atoms with Crippen LogP contribution in [0, 0.1) is 17.0 Å². The third kappa shape index (κ3) is 4.56. The zero-order valence-corrected chi connectivity index (χ0v) is 15.5. The number of ether oxygens (including phenoxy) is 1. The minimum absolute atomic E-state index is 0.0387. The van der Waals surface area contributed by atoms with Gasteiger partial charge in [-0.2, -0.15) is 0 Å². The summed E-state index contributed by atoms with van der Waals surface area (Å²) < 4.78 is 11.2. The first-order chi connectivity index (χ1) is 13.4. The number of carbonyl (C=O) groups is 1. The van der Waals surface area contributed by atoms with Gasteiger partial charge in [0.1, 0.15) is 18.1 Å². The van der Waals surface area contributed by atoms with Crippen LogP contribution in [0.5, 0.6) is 5.75 Å². The summed E-state index contributed by atoms with van der Waals surface area (Å²) >= 11 is 0. The van der Waals surface area contributed by atoms with E-state index < -0.39 is 4.92 Å². The molecule has 1 unspecified atom stereocenters. The molecule has 3 aromatic rings. The van der Waals surface area contributed by atoms with Gasteiger partial charge in [0.15, 0.2) is 5.76 Å². The molecule has 144 valence electrons. The van der Waals surface area contributed by atoms with Crippen LogP contribution in [-0.2, 0) is 6.61 Å². The lowest BCUT2D eigenvalue weighted by atomic mass is 10.1. The molecule has 0 aliphatic rings. The number of nitro groups is 1. The van der Waals surface area contributed by atoms with Crippen molar-refractivity contribution in [1.29, 1.82) is 0 Å². The normalized spacial score (nSPS) is 11.6. The highest BCUT2D eigenvalue weighted by molar-refractivity contribution is 5.91. The quantitative estimate of drug-likeness (QED) is 0.479. The average molecular weight is 380 g/mol. The van der Waals surface area contributed by atoms with Crippen molar-refractivity contribution in [2.24, 2.45) is 0 Å². The van der Waals surface area contributed by atoms with Gasteiger partial charge in [-0.15, -0.1) is 0 Å². The zero-order chi connectivity index (χ0) is 20.1. The molecule has 1 N–H and O–H groups in total. The summed E-state index contributed by atoms with van der Waals surface area (Å²) in [5, 5.41) is 13.7. The fourth-order valence-corrected chi connectivity index (χ4v) is 2.75. The molecule has 28 heavy (non-hydrogen) atoms. The first-order valence-electron chi connectivity index (χ1n) is 8.76. The molecule has 7 heteroatoms. The van der Waals surface area contributed by atoms with Crippen molar-refractivity contribution in [2.45, 2.75) is 26.5 Å². The molecule has 1 aromatic heterocycles. The van der Waals surface area contributed by atoms with Crippen LogP contribution in [0.3, 0.4) is 0 Å². The molecule has 3 rings (SSSR count). The second-order valence-corrected chi connectivity index (χ2v) is 6.37. The highest BCUT2D eigenvalue weighted by atomic mass is 16.6. The molecule has 0 saturated carbocycles. The summed E-state index contributed by atoms with van der Waals surface area (Å²) in [7, 11) is 0. The number of amides is 1. The molecule has 0 bridgehead atoms. The molecule has 7 nitrogen and oxygen atoms in total. The predicted molar refractivity (Wildman–Crippen MR) is 103 cm³/mol. The molecule has 0 aliphatic heterocycles. The summed E-state index contributed by atoms with van der Waals surface area (Å²) in [4.78, 5) is 22.8. The van der Waals surface area contributed by atoms with E-state index in [9.17, 15) is 14.9 Å². The van der Waals surface area contributed by atoms with Crippen LogP contribution in [0.2, 0.25) is 0 Å². The van der Waals surface area contributed by atoms with Crippen LogP contribution in [0.1, 0.15) is 40.4 Å². The highest BCUT2D eigenvalue weighted by Gasteiger charge is 2.16. The molecule has 0 spiro atoms. The van der Waals surface area contributed by atoms with Gasteiger partial charge < -0.3 is 14.5 Å². The van der Waals surface area contributed by atoms with Gasteiger partial charge in [0.2, 0.25) is 0 Å². The van der Waals surface area contributed by atoms with Crippen molar-refractivity contribution >= 4 is 11.6 Å². The molecule has 1 heterocycles. The summed E-state index contributed by atoms with van der Waals surface area (Å²) in [6.07, 6.45) is 0. The Morgan fingerprint density at radius 3 is 2.61 bits per heavy atom. The van der Waals surface area contributed by atoms with E-state index in [1.54, 1.807) is 25.1 Å². The second-order valence-electron chi connectivity index (χ2n) is 6.37. The lowest BCUT2D eigenvalue weighted by Crippen LogP contribution is -2.26. The fourth-order valence-electron chi connectivity index (χ4n) is 2.75. The number of rotatable bonds is 7. The van der Waals surface area contributed by atoms with Gasteiger partial charge in [-0.25, -0.2) is 0 Å². The van der Waals surface area contributed by atoms with Crippen molar-refractivity contribution in [2.75, 3.05) is 0 Å². The Labute approximate surface area is 162 Å². The molecular formula is C21H20N2O5. The van der Waals surface area contributed by atoms with E-state index in [1.165, 1.54) is 12.1 Å². The number of carbonyl (C=O) groups excluding carboxylic acids is 1. The van der Waals surface area contributed by atoms with Crippen LogP contribution in [0.4, 0.5) is 5.69 Å². The maximum Gasteiger partial charge on any atom is 0.287 e. The number of nitrogens with one attached hydrogen (secondary N) is 1. The third-order valence-corrected chi connectivity index (χ3v) is 4.28. The van der Waals surface area contributed by atoms with Crippen molar-refractivity contribution in [3.8, 4) is 5.75 Å². The van der Waals surface area contributed by atoms with Crippen molar-refractivity contribution in [3.63, 3.8) is 0 Å². The van der Waals surface area contributed by atoms with E-state index in [1.807, 2.05) is 37.3 Å². The Morgan fingerprint density at radius 1 is 1.18 bits per heavy atom. The van der Waals surface area contributed by atoms with E-state index in [0.717, 1.165) is 5.56 Å². The van der Waals surface area contributed by atoms with Crippen molar-refractivity contribution < 1.29 is 18.9 Å². The van der Waals surface area contributed by atoms with Gasteiger partial charge in [0, 0.05) is 11.6 Å². The fraction of sp³-hybridized carbons (Fsp3) is 0.190. The summed E-state index contributed by atoms with van der Waals surface area (Å²) in [6, 6.07) is 17.3. The Bertz CT molecular complexity index is 981. The molecule has 0 saturated heterocycles. The van der Waals surface area contributed by atoms with E-state index in [4.69, 9.17) is 9.15 Å². The smallest absolute Gasteiger partial charge is 0.287 e. The van der Waals surface area contributed by atoms with Gasteiger partial charge in [-0.3, -0.25) is 14.9 Å². The van der Waals surface area contributed by atoms with Gasteiger partial charge >= 0.3 is 0 Å². The van der Waals surface area contributed by atoms with Crippen molar-refractivity contribution in [1.82, 2.24) is 5.32 Å². The third-order valence-electron chi connectivity index (χ3n) is 4.28. The molecule has 1 amide bonds. The number of aryl methyl sites for hydroxylation is 1. The Balaban J connectivity index is 1.59. The minimum atomic E-state index is -0.438. The number of nitro benzene ring substituents is 1. The molecule has 0 radical (unpaired) electrons. The standard InChI is InChI=1S/C21H20N2O5/c1-14-12-17(8-10-19(14)23(25)26)27-13-18-9-11-20(28-18)21(24)22-15(2)16-6-4-3-5-7-16/h3-12,15H,13H2,1-2H3,(H,22,24). The van der Waals surface area contributed by atoms with Crippen LogP contribution in [0.25, 0.3) is 0 Å². The first kappa shape index (κ1) is 19.2. The number of hydrogen-bond acceptors (Lipinski definition) is 5. The number of benzene rings is 2. The summed E-state index contributed by atoms with van der Waals surface area (Å²) in [5.74, 6) is 0.853. The zero-order valence-electron chi connectivity index (χ0n) is 15.5. The van der Waals surface area contributed by atoms with Gasteiger partial charge in [-0.1, -0.05) is 30.3 Å².